The van der Waals surface area contributed by atoms with Crippen LogP contribution in [-0.2, 0) is 0 Å². The molecule has 0 atom stereocenters. The standard InChI is InChI=1S/C16H12ClIN2O/c1-9-5-4-7-11(14(9)18)15-13(16(19)21-20-15)10-6-2-3-8-12(10)17/h2-8H,19H2,1H3. The van der Waals surface area contributed by atoms with E-state index in [2.05, 4.69) is 40.7 Å². The number of hydrogen-bond acceptors (Lipinski definition) is 3. The molecule has 0 aliphatic rings. The van der Waals surface area contributed by atoms with Gasteiger partial charge in [0.05, 0.1) is 5.56 Å². The zero-order chi connectivity index (χ0) is 15.0. The fourth-order valence-electron chi connectivity index (χ4n) is 2.24. The molecule has 5 heteroatoms. The Kier molecular flexibility index (Phi) is 3.91. The third kappa shape index (κ3) is 2.53. The smallest absolute Gasteiger partial charge is 0.230 e. The molecular weight excluding hydrogens is 399 g/mol. The Hall–Kier alpha value is -1.53. The predicted octanol–water partition coefficient (Wildman–Crippen LogP) is 5.16. The molecule has 3 aromatic rings. The minimum atomic E-state index is 0.274. The molecule has 0 spiro atoms. The molecule has 21 heavy (non-hydrogen) atoms. The Bertz CT molecular complexity index is 814. The van der Waals surface area contributed by atoms with Crippen LogP contribution in [0.15, 0.2) is 47.0 Å². The summed E-state index contributed by atoms with van der Waals surface area (Å²) in [6, 6.07) is 13.6. The van der Waals surface area contributed by atoms with Crippen molar-refractivity contribution in [2.24, 2.45) is 0 Å². The van der Waals surface area contributed by atoms with Crippen molar-refractivity contribution in [2.75, 3.05) is 5.73 Å². The average molecular weight is 411 g/mol. The van der Waals surface area contributed by atoms with Gasteiger partial charge in [0.2, 0.25) is 5.88 Å². The summed E-state index contributed by atoms with van der Waals surface area (Å²) in [5.41, 5.74) is 10.4. The highest BCUT2D eigenvalue weighted by Crippen LogP contribution is 2.41. The number of aryl methyl sites for hydroxylation is 1. The molecule has 0 aliphatic carbocycles. The molecule has 2 N–H and O–H groups in total. The van der Waals surface area contributed by atoms with Crippen LogP contribution in [0, 0.1) is 10.5 Å². The summed E-state index contributed by atoms with van der Waals surface area (Å²) < 4.78 is 6.34. The summed E-state index contributed by atoms with van der Waals surface area (Å²) in [4.78, 5) is 0. The fourth-order valence-corrected chi connectivity index (χ4v) is 3.09. The minimum absolute atomic E-state index is 0.274. The van der Waals surface area contributed by atoms with Gasteiger partial charge in [0.1, 0.15) is 5.69 Å². The number of benzene rings is 2. The molecule has 0 saturated heterocycles. The number of nitrogen functional groups attached to an aromatic ring is 1. The SMILES string of the molecule is Cc1cccc(-c2noc(N)c2-c2ccccc2Cl)c1I. The van der Waals surface area contributed by atoms with E-state index >= 15 is 0 Å². The van der Waals surface area contributed by atoms with E-state index in [4.69, 9.17) is 21.9 Å². The average Bonchev–Trinajstić information content (AvgIpc) is 2.84. The van der Waals surface area contributed by atoms with Crippen LogP contribution in [0.3, 0.4) is 0 Å². The first-order chi connectivity index (χ1) is 10.1. The molecule has 0 fully saturated rings. The van der Waals surface area contributed by atoms with E-state index in [0.29, 0.717) is 10.7 Å². The van der Waals surface area contributed by atoms with Crippen LogP contribution in [0.2, 0.25) is 5.02 Å². The first-order valence-electron chi connectivity index (χ1n) is 6.35. The minimum Gasteiger partial charge on any atom is -0.367 e. The Morgan fingerprint density at radius 3 is 2.57 bits per heavy atom. The Balaban J connectivity index is 2.28. The summed E-state index contributed by atoms with van der Waals surface area (Å²) >= 11 is 8.60. The molecule has 0 radical (unpaired) electrons. The lowest BCUT2D eigenvalue weighted by molar-refractivity contribution is 0.439. The van der Waals surface area contributed by atoms with Crippen LogP contribution in [0.5, 0.6) is 0 Å². The van der Waals surface area contributed by atoms with Crippen molar-refractivity contribution in [3.8, 4) is 22.4 Å². The summed E-state index contributed by atoms with van der Waals surface area (Å²) in [5.74, 6) is 0.274. The number of halogens is 2. The van der Waals surface area contributed by atoms with Crippen molar-refractivity contribution in [3.05, 3.63) is 56.6 Å². The zero-order valence-electron chi connectivity index (χ0n) is 11.2. The maximum atomic E-state index is 6.29. The molecule has 1 aromatic heterocycles. The summed E-state index contributed by atoms with van der Waals surface area (Å²) in [7, 11) is 0. The van der Waals surface area contributed by atoms with Gasteiger partial charge >= 0.3 is 0 Å². The second kappa shape index (κ2) is 5.69. The lowest BCUT2D eigenvalue weighted by atomic mass is 10.00. The van der Waals surface area contributed by atoms with E-state index in [0.717, 1.165) is 20.3 Å². The molecule has 106 valence electrons. The number of rotatable bonds is 2. The van der Waals surface area contributed by atoms with Crippen molar-refractivity contribution in [3.63, 3.8) is 0 Å². The number of anilines is 1. The largest absolute Gasteiger partial charge is 0.367 e. The Labute approximate surface area is 141 Å². The molecule has 0 amide bonds. The van der Waals surface area contributed by atoms with Gasteiger partial charge < -0.3 is 10.3 Å². The van der Waals surface area contributed by atoms with Crippen LogP contribution < -0.4 is 5.73 Å². The van der Waals surface area contributed by atoms with Crippen molar-refractivity contribution in [2.45, 2.75) is 6.92 Å². The van der Waals surface area contributed by atoms with Crippen LogP contribution in [0.4, 0.5) is 5.88 Å². The van der Waals surface area contributed by atoms with Crippen LogP contribution in [0.25, 0.3) is 22.4 Å². The third-order valence-electron chi connectivity index (χ3n) is 3.31. The topological polar surface area (TPSA) is 52.0 Å². The van der Waals surface area contributed by atoms with E-state index in [1.807, 2.05) is 36.4 Å². The van der Waals surface area contributed by atoms with E-state index < -0.39 is 0 Å². The maximum Gasteiger partial charge on any atom is 0.230 e. The second-order valence-electron chi connectivity index (χ2n) is 4.69. The molecule has 0 saturated carbocycles. The van der Waals surface area contributed by atoms with Gasteiger partial charge in [0, 0.05) is 19.7 Å². The van der Waals surface area contributed by atoms with Gasteiger partial charge in [-0.3, -0.25) is 0 Å². The van der Waals surface area contributed by atoms with E-state index in [1.54, 1.807) is 0 Å². The quantitative estimate of drug-likeness (QED) is 0.594. The molecule has 3 nitrogen and oxygen atoms in total. The fraction of sp³-hybridized carbons (Fsp3) is 0.0625. The van der Waals surface area contributed by atoms with Gasteiger partial charge in [0.15, 0.2) is 0 Å². The molecule has 3 rings (SSSR count). The van der Waals surface area contributed by atoms with Gasteiger partial charge in [0.25, 0.3) is 0 Å². The van der Waals surface area contributed by atoms with E-state index in [-0.39, 0.29) is 5.88 Å². The van der Waals surface area contributed by atoms with Gasteiger partial charge in [-0.2, -0.15) is 0 Å². The van der Waals surface area contributed by atoms with Gasteiger partial charge in [-0.1, -0.05) is 53.2 Å². The first kappa shape index (κ1) is 14.4. The molecule has 2 aromatic carbocycles. The molecule has 1 heterocycles. The van der Waals surface area contributed by atoms with Gasteiger partial charge in [-0.05, 0) is 41.1 Å². The number of hydrogen-bond donors (Lipinski definition) is 1. The molecule has 0 bridgehead atoms. The first-order valence-corrected chi connectivity index (χ1v) is 7.81. The van der Waals surface area contributed by atoms with Crippen molar-refractivity contribution in [1.29, 1.82) is 0 Å². The van der Waals surface area contributed by atoms with Crippen molar-refractivity contribution < 1.29 is 4.52 Å². The third-order valence-corrected chi connectivity index (χ3v) is 5.07. The number of nitrogens with zero attached hydrogens (tertiary/aromatic N) is 1. The maximum absolute atomic E-state index is 6.29. The number of aromatic nitrogens is 1. The van der Waals surface area contributed by atoms with Gasteiger partial charge in [-0.15, -0.1) is 0 Å². The molecular formula is C16H12ClIN2O. The Morgan fingerprint density at radius 2 is 1.81 bits per heavy atom. The monoisotopic (exact) mass is 410 g/mol. The zero-order valence-corrected chi connectivity index (χ0v) is 14.1. The second-order valence-corrected chi connectivity index (χ2v) is 6.17. The van der Waals surface area contributed by atoms with Crippen LogP contribution >= 0.6 is 34.2 Å². The lowest BCUT2D eigenvalue weighted by Crippen LogP contribution is -1.91. The number of nitrogens with two attached hydrogens (primary N) is 1. The highest BCUT2D eigenvalue weighted by atomic mass is 127. The van der Waals surface area contributed by atoms with Gasteiger partial charge in [-0.25, -0.2) is 0 Å². The van der Waals surface area contributed by atoms with Crippen LogP contribution in [0.1, 0.15) is 5.56 Å². The highest BCUT2D eigenvalue weighted by molar-refractivity contribution is 14.1. The normalized spacial score (nSPS) is 10.8. The van der Waals surface area contributed by atoms with E-state index in [1.165, 1.54) is 5.56 Å². The highest BCUT2D eigenvalue weighted by Gasteiger charge is 2.21. The van der Waals surface area contributed by atoms with Crippen molar-refractivity contribution >= 4 is 40.1 Å². The lowest BCUT2D eigenvalue weighted by Gasteiger charge is -2.08. The molecule has 0 aliphatic heterocycles. The van der Waals surface area contributed by atoms with E-state index in [9.17, 15) is 0 Å². The predicted molar refractivity (Wildman–Crippen MR) is 94.3 cm³/mol. The van der Waals surface area contributed by atoms with Crippen molar-refractivity contribution in [1.82, 2.24) is 5.16 Å². The molecule has 0 unspecified atom stereocenters. The summed E-state index contributed by atoms with van der Waals surface area (Å²) in [6.45, 7) is 2.06. The van der Waals surface area contributed by atoms with Crippen LogP contribution in [-0.4, -0.2) is 5.16 Å². The Morgan fingerprint density at radius 1 is 1.10 bits per heavy atom. The summed E-state index contributed by atoms with van der Waals surface area (Å²) in [5, 5.41) is 4.76. The summed E-state index contributed by atoms with van der Waals surface area (Å²) in [6.07, 6.45) is 0.